The Labute approximate surface area is 116 Å². The highest BCUT2D eigenvalue weighted by molar-refractivity contribution is 9.10. The van der Waals surface area contributed by atoms with Crippen molar-refractivity contribution in [1.82, 2.24) is 0 Å². The van der Waals surface area contributed by atoms with Crippen molar-refractivity contribution in [3.63, 3.8) is 0 Å². The summed E-state index contributed by atoms with van der Waals surface area (Å²) in [5, 5.41) is 10.1. The molecule has 0 bridgehead atoms. The molecule has 0 heterocycles. The summed E-state index contributed by atoms with van der Waals surface area (Å²) < 4.78 is 7.22. The molecule has 2 fully saturated rings. The maximum atomic E-state index is 10.1. The van der Waals surface area contributed by atoms with E-state index in [-0.39, 0.29) is 17.6 Å². The number of aliphatic hydroxyl groups is 1. The first kappa shape index (κ1) is 12.5. The molecule has 0 saturated heterocycles. The van der Waals surface area contributed by atoms with Crippen molar-refractivity contribution in [2.75, 3.05) is 0 Å². The molecule has 98 valence electrons. The Morgan fingerprint density at radius 1 is 1.33 bits per heavy atom. The Bertz CT molecular complexity index is 452. The van der Waals surface area contributed by atoms with Crippen molar-refractivity contribution in [1.29, 1.82) is 0 Å². The van der Waals surface area contributed by atoms with E-state index in [1.807, 2.05) is 12.1 Å². The van der Waals surface area contributed by atoms with Gasteiger partial charge in [-0.15, -0.1) is 0 Å². The van der Waals surface area contributed by atoms with Crippen molar-refractivity contribution in [2.24, 2.45) is 5.41 Å². The number of halogens is 1. The fourth-order valence-electron chi connectivity index (χ4n) is 3.43. The number of benzene rings is 1. The third kappa shape index (κ3) is 1.88. The van der Waals surface area contributed by atoms with Gasteiger partial charge in [-0.2, -0.15) is 0 Å². The second-order valence-corrected chi connectivity index (χ2v) is 6.62. The molecular weight excluding hydrogens is 292 g/mol. The van der Waals surface area contributed by atoms with Crippen LogP contribution < -0.4 is 4.74 Å². The van der Waals surface area contributed by atoms with Crippen LogP contribution in [0.2, 0.25) is 0 Å². The van der Waals surface area contributed by atoms with Gasteiger partial charge in [0.05, 0.1) is 6.10 Å². The van der Waals surface area contributed by atoms with Crippen LogP contribution in [0.1, 0.15) is 37.7 Å². The second-order valence-electron chi connectivity index (χ2n) is 5.71. The van der Waals surface area contributed by atoms with E-state index in [1.54, 1.807) is 0 Å². The second kappa shape index (κ2) is 4.53. The molecule has 2 nitrogen and oxygen atoms in total. The first-order valence-corrected chi connectivity index (χ1v) is 7.52. The normalized spacial score (nSPS) is 29.3. The van der Waals surface area contributed by atoms with Crippen LogP contribution in [0, 0.1) is 12.3 Å². The maximum Gasteiger partial charge on any atom is 0.123 e. The zero-order valence-electron chi connectivity index (χ0n) is 10.7. The van der Waals surface area contributed by atoms with E-state index in [2.05, 4.69) is 28.9 Å². The van der Waals surface area contributed by atoms with Crippen LogP contribution >= 0.6 is 15.9 Å². The Morgan fingerprint density at radius 2 is 2.06 bits per heavy atom. The molecule has 0 radical (unpaired) electrons. The summed E-state index contributed by atoms with van der Waals surface area (Å²) in [7, 11) is 0. The van der Waals surface area contributed by atoms with Gasteiger partial charge in [0.15, 0.2) is 0 Å². The predicted molar refractivity (Wildman–Crippen MR) is 74.8 cm³/mol. The third-order valence-electron chi connectivity index (χ3n) is 4.70. The standard InChI is InChI=1S/C15H19BrO2/c1-10-4-5-11(16)8-12(10)18-14-9-13(17)15(14)6-2-3-7-15/h4-5,8,13-14,17H,2-3,6-7,9H2,1H3. The van der Waals surface area contributed by atoms with Crippen molar-refractivity contribution in [3.8, 4) is 5.75 Å². The predicted octanol–water partition coefficient (Wildman–Crippen LogP) is 3.83. The van der Waals surface area contributed by atoms with E-state index in [0.717, 1.165) is 35.0 Å². The van der Waals surface area contributed by atoms with Crippen LogP contribution in [0.15, 0.2) is 22.7 Å². The SMILES string of the molecule is Cc1ccc(Br)cc1OC1CC(O)C12CCCC2. The van der Waals surface area contributed by atoms with E-state index < -0.39 is 0 Å². The number of hydrogen-bond donors (Lipinski definition) is 1. The molecule has 18 heavy (non-hydrogen) atoms. The van der Waals surface area contributed by atoms with Crippen molar-refractivity contribution in [2.45, 2.75) is 51.2 Å². The van der Waals surface area contributed by atoms with Crippen LogP contribution in [0.3, 0.4) is 0 Å². The Balaban J connectivity index is 1.79. The molecule has 3 heteroatoms. The van der Waals surface area contributed by atoms with Gasteiger partial charge in [-0.3, -0.25) is 0 Å². The van der Waals surface area contributed by atoms with Gasteiger partial charge in [-0.05, 0) is 37.5 Å². The smallest absolute Gasteiger partial charge is 0.123 e. The number of ether oxygens (including phenoxy) is 1. The molecule has 0 amide bonds. The number of aliphatic hydroxyl groups excluding tert-OH is 1. The molecule has 3 rings (SSSR count). The van der Waals surface area contributed by atoms with Crippen LogP contribution in [0.5, 0.6) is 5.75 Å². The van der Waals surface area contributed by atoms with Gasteiger partial charge < -0.3 is 9.84 Å². The lowest BCUT2D eigenvalue weighted by Gasteiger charge is -2.51. The molecular formula is C15H19BrO2. The van der Waals surface area contributed by atoms with Gasteiger partial charge in [-0.25, -0.2) is 0 Å². The van der Waals surface area contributed by atoms with Gasteiger partial charge in [0.1, 0.15) is 11.9 Å². The molecule has 2 atom stereocenters. The lowest BCUT2D eigenvalue weighted by atomic mass is 9.62. The van der Waals surface area contributed by atoms with Crippen LogP contribution in [-0.2, 0) is 0 Å². The Hall–Kier alpha value is -0.540. The fourth-order valence-corrected chi connectivity index (χ4v) is 3.77. The monoisotopic (exact) mass is 310 g/mol. The number of hydrogen-bond acceptors (Lipinski definition) is 2. The van der Waals surface area contributed by atoms with E-state index in [0.29, 0.717) is 0 Å². The Morgan fingerprint density at radius 3 is 2.72 bits per heavy atom. The molecule has 1 aromatic rings. The summed E-state index contributed by atoms with van der Waals surface area (Å²) in [6.07, 6.45) is 5.52. The average Bonchev–Trinajstić information content (AvgIpc) is 2.85. The highest BCUT2D eigenvalue weighted by atomic mass is 79.9. The minimum Gasteiger partial charge on any atom is -0.489 e. The lowest BCUT2D eigenvalue weighted by Crippen LogP contribution is -2.58. The summed E-state index contributed by atoms with van der Waals surface area (Å²) in [4.78, 5) is 0. The molecule has 2 unspecified atom stereocenters. The summed E-state index contributed by atoms with van der Waals surface area (Å²) >= 11 is 3.48. The Kier molecular flexibility index (Phi) is 3.15. The molecule has 2 saturated carbocycles. The number of rotatable bonds is 2. The third-order valence-corrected chi connectivity index (χ3v) is 5.19. The first-order chi connectivity index (χ1) is 8.62. The first-order valence-electron chi connectivity index (χ1n) is 6.73. The maximum absolute atomic E-state index is 10.1. The summed E-state index contributed by atoms with van der Waals surface area (Å²) in [6.45, 7) is 2.07. The van der Waals surface area contributed by atoms with Crippen molar-refractivity contribution < 1.29 is 9.84 Å². The fraction of sp³-hybridized carbons (Fsp3) is 0.600. The van der Waals surface area contributed by atoms with Gasteiger partial charge in [0.2, 0.25) is 0 Å². The van der Waals surface area contributed by atoms with Gasteiger partial charge in [-0.1, -0.05) is 34.8 Å². The molecule has 1 N–H and O–H groups in total. The molecule has 0 aliphatic heterocycles. The molecule has 2 aliphatic carbocycles. The molecule has 1 aromatic carbocycles. The van der Waals surface area contributed by atoms with E-state index >= 15 is 0 Å². The van der Waals surface area contributed by atoms with Crippen LogP contribution in [-0.4, -0.2) is 17.3 Å². The van der Waals surface area contributed by atoms with E-state index in [1.165, 1.54) is 12.8 Å². The van der Waals surface area contributed by atoms with E-state index in [9.17, 15) is 5.11 Å². The van der Waals surface area contributed by atoms with E-state index in [4.69, 9.17) is 4.74 Å². The molecule has 2 aliphatic rings. The number of aryl methyl sites for hydroxylation is 1. The summed E-state index contributed by atoms with van der Waals surface area (Å²) in [5.41, 5.74) is 1.21. The van der Waals surface area contributed by atoms with Crippen molar-refractivity contribution in [3.05, 3.63) is 28.2 Å². The zero-order valence-corrected chi connectivity index (χ0v) is 12.2. The van der Waals surface area contributed by atoms with Gasteiger partial charge >= 0.3 is 0 Å². The van der Waals surface area contributed by atoms with Crippen LogP contribution in [0.4, 0.5) is 0 Å². The highest BCUT2D eigenvalue weighted by Crippen LogP contribution is 2.54. The largest absolute Gasteiger partial charge is 0.489 e. The molecule has 1 spiro atoms. The minimum atomic E-state index is -0.155. The summed E-state index contributed by atoms with van der Waals surface area (Å²) in [6, 6.07) is 6.13. The zero-order chi connectivity index (χ0) is 12.8. The molecule has 0 aromatic heterocycles. The highest BCUT2D eigenvalue weighted by Gasteiger charge is 2.57. The minimum absolute atomic E-state index is 0.0504. The quantitative estimate of drug-likeness (QED) is 0.899. The lowest BCUT2D eigenvalue weighted by molar-refractivity contribution is -0.152. The van der Waals surface area contributed by atoms with Crippen LogP contribution in [0.25, 0.3) is 0 Å². The van der Waals surface area contributed by atoms with Gasteiger partial charge in [0.25, 0.3) is 0 Å². The van der Waals surface area contributed by atoms with Crippen molar-refractivity contribution >= 4 is 15.9 Å². The topological polar surface area (TPSA) is 29.5 Å². The summed E-state index contributed by atoms with van der Waals surface area (Å²) in [5.74, 6) is 0.951. The average molecular weight is 311 g/mol. The van der Waals surface area contributed by atoms with Gasteiger partial charge in [0, 0.05) is 16.3 Å².